The molecule has 30 heavy (non-hydrogen) atoms. The minimum atomic E-state index is -0.308. The highest BCUT2D eigenvalue weighted by Gasteiger charge is 2.21. The molecule has 0 bridgehead atoms. The summed E-state index contributed by atoms with van der Waals surface area (Å²) >= 11 is 1.38. The van der Waals surface area contributed by atoms with Gasteiger partial charge < -0.3 is 5.32 Å². The van der Waals surface area contributed by atoms with Crippen LogP contribution in [0.4, 0.5) is 4.39 Å². The van der Waals surface area contributed by atoms with Crippen molar-refractivity contribution in [3.8, 4) is 11.4 Å². The lowest BCUT2D eigenvalue weighted by Crippen LogP contribution is -2.32. The molecule has 5 nitrogen and oxygen atoms in total. The van der Waals surface area contributed by atoms with E-state index in [2.05, 4.69) is 29.4 Å². The Morgan fingerprint density at radius 1 is 1.07 bits per heavy atom. The van der Waals surface area contributed by atoms with E-state index < -0.39 is 0 Å². The van der Waals surface area contributed by atoms with Gasteiger partial charge in [0.2, 0.25) is 5.91 Å². The number of hydrogen-bond acceptors (Lipinski definition) is 4. The van der Waals surface area contributed by atoms with Gasteiger partial charge in [-0.15, -0.1) is 10.2 Å². The van der Waals surface area contributed by atoms with Crippen LogP contribution in [0.3, 0.4) is 0 Å². The number of thioether (sulfide) groups is 1. The van der Waals surface area contributed by atoms with Crippen molar-refractivity contribution in [2.75, 3.05) is 6.54 Å². The number of carbonyl (C=O) groups is 1. The highest BCUT2D eigenvalue weighted by atomic mass is 32.2. The quantitative estimate of drug-likeness (QED) is 0.501. The van der Waals surface area contributed by atoms with Gasteiger partial charge >= 0.3 is 0 Å². The molecule has 158 valence electrons. The monoisotopic (exact) mass is 426 g/mol. The van der Waals surface area contributed by atoms with E-state index in [9.17, 15) is 9.18 Å². The zero-order valence-corrected chi connectivity index (χ0v) is 18.3. The fraction of sp³-hybridized carbons (Fsp3) is 0.348. The van der Waals surface area contributed by atoms with Crippen molar-refractivity contribution in [3.05, 3.63) is 66.0 Å². The number of benzene rings is 2. The van der Waals surface area contributed by atoms with Gasteiger partial charge in [0.05, 0.1) is 11.8 Å². The normalized spacial score (nSPS) is 12.2. The second kappa shape index (κ2) is 10.4. The third-order valence-electron chi connectivity index (χ3n) is 4.68. The number of hydrogen-bond donors (Lipinski definition) is 1. The molecule has 1 N–H and O–H groups in total. The zero-order valence-electron chi connectivity index (χ0n) is 17.5. The topological polar surface area (TPSA) is 59.8 Å². The molecule has 0 aliphatic rings. The lowest BCUT2D eigenvalue weighted by molar-refractivity contribution is -0.120. The molecular formula is C23H27FN4OS. The van der Waals surface area contributed by atoms with Crippen LogP contribution in [-0.4, -0.2) is 32.5 Å². The molecule has 0 radical (unpaired) electrons. The highest BCUT2D eigenvalue weighted by molar-refractivity contribution is 8.00. The van der Waals surface area contributed by atoms with Gasteiger partial charge in [0.1, 0.15) is 5.82 Å². The molecule has 1 amide bonds. The third-order valence-corrected chi connectivity index (χ3v) is 5.76. The fourth-order valence-corrected chi connectivity index (χ4v) is 3.81. The average Bonchev–Trinajstić information content (AvgIpc) is 3.11. The number of nitrogens with zero attached hydrogens (tertiary/aromatic N) is 3. The molecule has 2 aromatic carbocycles. The molecule has 0 spiro atoms. The van der Waals surface area contributed by atoms with E-state index in [1.165, 1.54) is 23.9 Å². The first-order valence-electron chi connectivity index (χ1n) is 10.1. The van der Waals surface area contributed by atoms with E-state index in [1.54, 1.807) is 12.1 Å². The molecule has 7 heteroatoms. The van der Waals surface area contributed by atoms with Crippen LogP contribution in [0, 0.1) is 11.7 Å². The SMILES string of the molecule is CC(C)CCNC(=O)C(C)Sc1nnc(-c2ccc(F)cc2)n1Cc1ccccc1. The first-order valence-corrected chi connectivity index (χ1v) is 11.0. The van der Waals surface area contributed by atoms with Crippen LogP contribution >= 0.6 is 11.8 Å². The zero-order chi connectivity index (χ0) is 21.5. The molecule has 0 fully saturated rings. The van der Waals surface area contributed by atoms with Crippen LogP contribution in [0.15, 0.2) is 59.8 Å². The van der Waals surface area contributed by atoms with Crippen LogP contribution in [0.1, 0.15) is 32.8 Å². The molecule has 0 saturated heterocycles. The molecule has 1 unspecified atom stereocenters. The Kier molecular flexibility index (Phi) is 7.63. The van der Waals surface area contributed by atoms with Gasteiger partial charge in [-0.2, -0.15) is 0 Å². The Labute approximate surface area is 181 Å². The van der Waals surface area contributed by atoms with E-state index in [4.69, 9.17) is 0 Å². The van der Waals surface area contributed by atoms with Crippen LogP contribution in [0.2, 0.25) is 0 Å². The van der Waals surface area contributed by atoms with Crippen molar-refractivity contribution in [2.24, 2.45) is 5.92 Å². The number of amides is 1. The third kappa shape index (κ3) is 5.92. The lowest BCUT2D eigenvalue weighted by Gasteiger charge is -2.14. The second-order valence-electron chi connectivity index (χ2n) is 7.62. The summed E-state index contributed by atoms with van der Waals surface area (Å²) in [4.78, 5) is 12.5. The van der Waals surface area contributed by atoms with E-state index in [0.29, 0.717) is 30.0 Å². The van der Waals surface area contributed by atoms with E-state index >= 15 is 0 Å². The van der Waals surface area contributed by atoms with Gasteiger partial charge in [-0.3, -0.25) is 9.36 Å². The van der Waals surface area contributed by atoms with Crippen molar-refractivity contribution in [2.45, 2.75) is 44.1 Å². The first-order chi connectivity index (χ1) is 14.4. The Morgan fingerprint density at radius 2 is 1.77 bits per heavy atom. The molecule has 3 aromatic rings. The van der Waals surface area contributed by atoms with Crippen molar-refractivity contribution in [1.82, 2.24) is 20.1 Å². The number of nitrogens with one attached hydrogen (secondary N) is 1. The molecule has 0 aliphatic carbocycles. The van der Waals surface area contributed by atoms with Gasteiger partial charge in [0, 0.05) is 12.1 Å². The van der Waals surface area contributed by atoms with Crippen molar-refractivity contribution in [3.63, 3.8) is 0 Å². The molecule has 0 aliphatic heterocycles. The van der Waals surface area contributed by atoms with Crippen LogP contribution < -0.4 is 5.32 Å². The van der Waals surface area contributed by atoms with E-state index in [0.717, 1.165) is 17.5 Å². The van der Waals surface area contributed by atoms with E-state index in [-0.39, 0.29) is 17.0 Å². The van der Waals surface area contributed by atoms with E-state index in [1.807, 2.05) is 41.8 Å². The number of rotatable bonds is 9. The van der Waals surface area contributed by atoms with Gasteiger partial charge in [-0.25, -0.2) is 4.39 Å². The molecule has 3 rings (SSSR count). The molecule has 1 atom stereocenters. The standard InChI is InChI=1S/C23H27FN4OS/c1-16(2)13-14-25-22(29)17(3)30-23-27-26-21(19-9-11-20(24)12-10-19)28(23)15-18-7-5-4-6-8-18/h4-12,16-17H,13-15H2,1-3H3,(H,25,29). The van der Waals surface area contributed by atoms with Crippen LogP contribution in [-0.2, 0) is 11.3 Å². The lowest BCUT2D eigenvalue weighted by atomic mass is 10.1. The summed E-state index contributed by atoms with van der Waals surface area (Å²) in [5.74, 6) is 0.877. The molecule has 0 saturated carbocycles. The van der Waals surface area contributed by atoms with Gasteiger partial charge in [-0.1, -0.05) is 55.9 Å². The summed E-state index contributed by atoms with van der Waals surface area (Å²) in [5, 5.41) is 12.0. The van der Waals surface area contributed by atoms with Gasteiger partial charge in [0.15, 0.2) is 11.0 Å². The Hall–Kier alpha value is -2.67. The Morgan fingerprint density at radius 3 is 2.43 bits per heavy atom. The van der Waals surface area contributed by atoms with Crippen LogP contribution in [0.5, 0.6) is 0 Å². The summed E-state index contributed by atoms with van der Waals surface area (Å²) in [6.07, 6.45) is 0.946. The maximum absolute atomic E-state index is 13.4. The predicted octanol–water partition coefficient (Wildman–Crippen LogP) is 4.78. The second-order valence-corrected chi connectivity index (χ2v) is 8.93. The first kappa shape index (κ1) is 22.0. The Bertz CT molecular complexity index is 957. The fourth-order valence-electron chi connectivity index (χ4n) is 2.94. The largest absolute Gasteiger partial charge is 0.355 e. The van der Waals surface area contributed by atoms with Crippen molar-refractivity contribution >= 4 is 17.7 Å². The van der Waals surface area contributed by atoms with Gasteiger partial charge in [0.25, 0.3) is 0 Å². The summed E-state index contributed by atoms with van der Waals surface area (Å²) in [6.45, 7) is 7.36. The minimum absolute atomic E-state index is 0.0155. The highest BCUT2D eigenvalue weighted by Crippen LogP contribution is 2.28. The van der Waals surface area contributed by atoms with Gasteiger partial charge in [-0.05, 0) is 49.1 Å². The maximum Gasteiger partial charge on any atom is 0.233 e. The summed E-state index contributed by atoms with van der Waals surface area (Å²) < 4.78 is 15.4. The number of carbonyl (C=O) groups excluding carboxylic acids is 1. The average molecular weight is 427 g/mol. The maximum atomic E-state index is 13.4. The molecule has 1 aromatic heterocycles. The predicted molar refractivity (Wildman–Crippen MR) is 119 cm³/mol. The number of halogens is 1. The summed E-state index contributed by atoms with van der Waals surface area (Å²) in [7, 11) is 0. The minimum Gasteiger partial charge on any atom is -0.355 e. The van der Waals surface area contributed by atoms with Crippen molar-refractivity contribution < 1.29 is 9.18 Å². The Balaban J connectivity index is 1.82. The number of aromatic nitrogens is 3. The molecular weight excluding hydrogens is 399 g/mol. The summed E-state index contributed by atoms with van der Waals surface area (Å²) in [5.41, 5.74) is 1.87. The smallest absolute Gasteiger partial charge is 0.233 e. The van der Waals surface area contributed by atoms with Crippen molar-refractivity contribution in [1.29, 1.82) is 0 Å². The molecule has 1 heterocycles. The summed E-state index contributed by atoms with van der Waals surface area (Å²) in [6, 6.07) is 16.2. The van der Waals surface area contributed by atoms with Crippen LogP contribution in [0.25, 0.3) is 11.4 Å².